The van der Waals surface area contributed by atoms with Gasteiger partial charge in [0.05, 0.1) is 82.1 Å². The zero-order valence-corrected chi connectivity index (χ0v) is 67.1. The van der Waals surface area contributed by atoms with Gasteiger partial charge in [0.25, 0.3) is 0 Å². The molecule has 2 aromatic carbocycles. The summed E-state index contributed by atoms with van der Waals surface area (Å²) in [5.41, 5.74) is 1.85. The minimum Gasteiger partial charge on any atom is -0.495 e. The zero-order chi connectivity index (χ0) is 76.0. The van der Waals surface area contributed by atoms with Gasteiger partial charge in [0.1, 0.15) is 66.7 Å². The summed E-state index contributed by atoms with van der Waals surface area (Å²) in [6.45, 7) is 20.4. The highest BCUT2D eigenvalue weighted by Gasteiger charge is 2.64. The first-order chi connectivity index (χ1) is 50.4. The molecule has 0 spiro atoms. The minimum atomic E-state index is -3.78. The number of hydrogen-bond donors (Lipinski definition) is 2. The first-order valence-corrected chi connectivity index (χ1v) is 43.4. The Hall–Kier alpha value is -6.58. The van der Waals surface area contributed by atoms with Crippen LogP contribution in [-0.2, 0) is 48.8 Å². The lowest BCUT2D eigenvalue weighted by molar-refractivity contribution is -0.144. The molecule has 28 heteroatoms. The van der Waals surface area contributed by atoms with Crippen LogP contribution in [0, 0.1) is 46.3 Å². The van der Waals surface area contributed by atoms with Crippen molar-refractivity contribution in [2.45, 2.75) is 244 Å². The number of hydrogen-bond acceptors (Lipinski definition) is 20. The van der Waals surface area contributed by atoms with Crippen molar-refractivity contribution < 1.29 is 64.6 Å². The van der Waals surface area contributed by atoms with Gasteiger partial charge in [0, 0.05) is 71.2 Å². The van der Waals surface area contributed by atoms with E-state index in [2.05, 4.69) is 37.1 Å². The molecule has 2 unspecified atom stereocenters. The Morgan fingerprint density at radius 3 is 1.25 bits per heavy atom. The van der Waals surface area contributed by atoms with E-state index in [1.807, 2.05) is 76.6 Å². The molecular formula is C78H98Cl2N8O14S4. The molecule has 8 fully saturated rings. The van der Waals surface area contributed by atoms with Gasteiger partial charge in [-0.1, -0.05) is 118 Å². The summed E-state index contributed by atoms with van der Waals surface area (Å²) in [5.74, 6) is 0.0693. The smallest absolute Gasteiger partial charge is 0.240 e. The van der Waals surface area contributed by atoms with Crippen molar-refractivity contribution in [3.05, 3.63) is 68.6 Å². The first kappa shape index (κ1) is 77.6. The highest BCUT2D eigenvalue weighted by Crippen LogP contribution is 2.60. The second-order valence-electron chi connectivity index (χ2n) is 32.0. The molecule has 8 heterocycles. The van der Waals surface area contributed by atoms with E-state index in [-0.39, 0.29) is 108 Å². The summed E-state index contributed by atoms with van der Waals surface area (Å²) in [5, 5.41) is 6.37. The number of carbonyl (C=O) groups excluding carboxylic acids is 6. The maximum absolute atomic E-state index is 14.6. The summed E-state index contributed by atoms with van der Waals surface area (Å²) in [7, 11) is -4.47. The van der Waals surface area contributed by atoms with Crippen LogP contribution in [0.4, 0.5) is 0 Å². The fraction of sp³-hybridized carbons (Fsp3) is 0.615. The van der Waals surface area contributed by atoms with Crippen molar-refractivity contribution in [1.82, 2.24) is 39.2 Å². The largest absolute Gasteiger partial charge is 0.495 e. The quantitative estimate of drug-likeness (QED) is 0.0510. The van der Waals surface area contributed by atoms with E-state index < -0.39 is 77.5 Å². The number of benzene rings is 2. The lowest BCUT2D eigenvalue weighted by Gasteiger charge is -2.32. The highest BCUT2D eigenvalue weighted by atomic mass is 35.5. The number of fused-ring (bicyclic) bond motifs is 4. The second-order valence-corrected chi connectivity index (χ2v) is 38.4. The first-order valence-electron chi connectivity index (χ1n) is 37.8. The second kappa shape index (κ2) is 30.4. The predicted molar refractivity (Wildman–Crippen MR) is 409 cm³/mol. The molecule has 4 aliphatic heterocycles. The van der Waals surface area contributed by atoms with Gasteiger partial charge in [-0.3, -0.25) is 38.2 Å². The minimum absolute atomic E-state index is 0.0679. The number of pyridine rings is 2. The van der Waals surface area contributed by atoms with Gasteiger partial charge in [-0.2, -0.15) is 0 Å². The predicted octanol–water partition coefficient (Wildman–Crippen LogP) is 14.6. The number of ketones is 2. The Morgan fingerprint density at radius 2 is 0.934 bits per heavy atom. The molecule has 2 N–H and O–H groups in total. The lowest BCUT2D eigenvalue weighted by atomic mass is 9.88. The number of nitrogens with zero attached hydrogens (tertiary/aromatic N) is 6. The van der Waals surface area contributed by atoms with Crippen LogP contribution in [0.2, 0.25) is 10.0 Å². The van der Waals surface area contributed by atoms with E-state index in [9.17, 15) is 45.6 Å². The van der Waals surface area contributed by atoms with Gasteiger partial charge in [0.15, 0.2) is 11.6 Å². The van der Waals surface area contributed by atoms with E-state index in [0.29, 0.717) is 153 Å². The third-order valence-corrected chi connectivity index (χ3v) is 29.9. The fourth-order valence-corrected chi connectivity index (χ4v) is 22.1. The maximum atomic E-state index is 14.6. The number of amides is 4. The van der Waals surface area contributed by atoms with Crippen molar-refractivity contribution in [3.63, 3.8) is 0 Å². The van der Waals surface area contributed by atoms with Crippen molar-refractivity contribution in [1.29, 1.82) is 0 Å². The lowest BCUT2D eigenvalue weighted by Crippen LogP contribution is -2.49. The molecule has 14 rings (SSSR count). The number of Topliss-reactive ketones (excluding diaryl/α,β-unsaturated/α-hetero) is 2. The molecule has 8 aliphatic rings. The van der Waals surface area contributed by atoms with Crippen LogP contribution < -0.4 is 28.4 Å². The Kier molecular flexibility index (Phi) is 22.2. The number of thiazole rings is 2. The van der Waals surface area contributed by atoms with Crippen LogP contribution in [-0.4, -0.2) is 143 Å². The van der Waals surface area contributed by atoms with Gasteiger partial charge in [-0.25, -0.2) is 36.8 Å². The normalized spacial score (nSPS) is 27.2. The average molecular weight is 1570 g/mol. The fourth-order valence-electron chi connectivity index (χ4n) is 16.9. The number of halogens is 2. The number of sulfonamides is 2. The van der Waals surface area contributed by atoms with E-state index >= 15 is 0 Å². The van der Waals surface area contributed by atoms with Gasteiger partial charge >= 0.3 is 0 Å². The standard InChI is InChI=1S/2C39H49ClN4O7S2/c2*1-7-22-17-39(22,38(47)43-53(48,49)23-11-12-23)18-30(45)29-16-33(28-10-8-9-24(20(2)3)37(46)44(28)29)51-32-15-26(36-42-27(19-52-36)21(4)5)41-35-25(32)13-14-31(50-6)34(35)40/h2*13-15,19-24,28-29,33H,7-12,16-18H2,1-6H3,(H,43,47)/t2*22-,24?,28-,29+,33-,39-/m11/s1. The molecule has 4 aliphatic carbocycles. The van der Waals surface area contributed by atoms with Gasteiger partial charge in [0.2, 0.25) is 43.7 Å². The van der Waals surface area contributed by atoms with Crippen LogP contribution in [0.5, 0.6) is 23.0 Å². The molecule has 4 saturated carbocycles. The zero-order valence-electron chi connectivity index (χ0n) is 62.4. The van der Waals surface area contributed by atoms with Crippen LogP contribution >= 0.6 is 45.9 Å². The number of aromatic nitrogens is 4. The summed E-state index contributed by atoms with van der Waals surface area (Å²) in [6.07, 6.45) is 7.74. The highest BCUT2D eigenvalue weighted by molar-refractivity contribution is 7.91. The van der Waals surface area contributed by atoms with Crippen LogP contribution in [0.1, 0.15) is 208 Å². The van der Waals surface area contributed by atoms with Crippen molar-refractivity contribution >= 4 is 123 Å². The number of rotatable bonds is 26. The summed E-state index contributed by atoms with van der Waals surface area (Å²) in [4.78, 5) is 108. The molecule has 22 nitrogen and oxygen atoms in total. The number of ether oxygens (including phenoxy) is 4. The van der Waals surface area contributed by atoms with Crippen LogP contribution in [0.25, 0.3) is 43.2 Å². The van der Waals surface area contributed by atoms with Crippen molar-refractivity contribution in [2.24, 2.45) is 46.3 Å². The molecule has 4 amide bonds. The van der Waals surface area contributed by atoms with Crippen LogP contribution in [0.3, 0.4) is 0 Å². The summed E-state index contributed by atoms with van der Waals surface area (Å²) in [6, 6.07) is 8.57. The maximum Gasteiger partial charge on any atom is 0.240 e. The Labute approximate surface area is 639 Å². The van der Waals surface area contributed by atoms with Gasteiger partial charge < -0.3 is 28.7 Å². The molecule has 4 aromatic heterocycles. The van der Waals surface area contributed by atoms with Gasteiger partial charge in [-0.05, 0) is 124 Å². The molecular weight excluding hydrogens is 1470 g/mol. The molecule has 0 radical (unpaired) electrons. The number of nitrogens with one attached hydrogen (secondary N) is 2. The van der Waals surface area contributed by atoms with E-state index in [0.717, 1.165) is 24.2 Å². The van der Waals surface area contributed by atoms with Crippen molar-refractivity contribution in [3.8, 4) is 44.4 Å². The summed E-state index contributed by atoms with van der Waals surface area (Å²) >= 11 is 16.7. The number of methoxy groups -OCH3 is 2. The molecule has 4 saturated heterocycles. The van der Waals surface area contributed by atoms with Crippen LogP contribution in [0.15, 0.2) is 47.2 Å². The van der Waals surface area contributed by atoms with Crippen molar-refractivity contribution in [2.75, 3.05) is 14.2 Å². The molecule has 12 atom stereocenters. The summed E-state index contributed by atoms with van der Waals surface area (Å²) < 4.78 is 80.7. The third-order valence-electron chi connectivity index (χ3n) is 23.8. The Morgan fingerprint density at radius 1 is 0.557 bits per heavy atom. The molecule has 572 valence electrons. The monoisotopic (exact) mass is 1570 g/mol. The van der Waals surface area contributed by atoms with Gasteiger partial charge in [-0.15, -0.1) is 22.7 Å². The SMILES string of the molecule is CC[C@@H]1C[C@]1(CC(=O)[C@@H]1C[C@@H](Oc2cc(-c3nc(C(C)C)cs3)nc3c(Cl)c(OC)ccc23)[C@H]2CCCC(C(C)C)C(=O)N21)C(=O)NS(=O)(=O)C1CC1.CC[C@@H]1C[C@]1(CC(=O)[C@@H]1C[C@@H](Oc2cc(-c3nc(C(C)C)cs3)nc3c(Cl)c(OC)ccc23)[C@H]2CCCC(C(C)C)C(=O)N21)C(=O)NS(=O)(=O)C1CC1. The van der Waals surface area contributed by atoms with E-state index in [1.54, 1.807) is 36.2 Å². The molecule has 106 heavy (non-hydrogen) atoms. The number of carbonyl (C=O) groups is 6. The average Bonchev–Trinajstić information content (AvgIpc) is 1.60. The molecule has 0 bridgehead atoms. The Balaban J connectivity index is 0.000000188. The van der Waals surface area contributed by atoms with E-state index in [4.69, 9.17) is 62.1 Å². The molecule has 6 aromatic rings. The third kappa shape index (κ3) is 15.0. The van der Waals surface area contributed by atoms with E-state index in [1.165, 1.54) is 22.7 Å². The Bertz CT molecular complexity index is 4380. The topological polar surface area (TPSA) is 290 Å².